The fraction of sp³-hybridized carbons (Fsp3) is 0.120. The Bertz CT molecular complexity index is 1200. The predicted molar refractivity (Wildman–Crippen MR) is 124 cm³/mol. The summed E-state index contributed by atoms with van der Waals surface area (Å²) in [4.78, 5) is 28.6. The number of para-hydroxylation sites is 2. The number of amides is 2. The number of methoxy groups -OCH3 is 1. The second-order valence-electron chi connectivity index (χ2n) is 7.08. The highest BCUT2D eigenvalue weighted by Crippen LogP contribution is 2.42. The summed E-state index contributed by atoms with van der Waals surface area (Å²) < 4.78 is 19.5. The molecule has 0 bridgehead atoms. The number of fused-ring (bicyclic) bond motifs is 1. The van der Waals surface area contributed by atoms with E-state index in [0.717, 1.165) is 10.5 Å². The lowest BCUT2D eigenvalue weighted by Gasteiger charge is -2.29. The molecule has 1 N–H and O–H groups in total. The predicted octanol–water partition coefficient (Wildman–Crippen LogP) is 4.63. The number of carbonyl (C=O) groups excluding carboxylic acids is 2. The first-order valence-corrected chi connectivity index (χ1v) is 10.8. The number of nitrogens with zero attached hydrogens (tertiary/aromatic N) is 1. The van der Waals surface area contributed by atoms with E-state index in [0.29, 0.717) is 21.9 Å². The second kappa shape index (κ2) is 9.70. The van der Waals surface area contributed by atoms with Crippen molar-refractivity contribution in [1.29, 1.82) is 0 Å². The summed E-state index contributed by atoms with van der Waals surface area (Å²) in [6.45, 7) is 0.124. The first-order valence-electron chi connectivity index (χ1n) is 10.0. The number of hydrogen-bond acceptors (Lipinski definition) is 4. The lowest BCUT2D eigenvalue weighted by molar-refractivity contribution is -0.122. The number of hydrogen-bond donors (Lipinski definition) is 1. The third kappa shape index (κ3) is 4.68. The summed E-state index contributed by atoms with van der Waals surface area (Å²) in [5, 5.41) is 2.85. The normalized spacial score (nSPS) is 14.2. The van der Waals surface area contributed by atoms with Gasteiger partial charge in [0.1, 0.15) is 18.1 Å². The molecule has 0 fully saturated rings. The number of carbonyl (C=O) groups is 2. The number of nitrogens with one attached hydrogen (secondary N) is 1. The zero-order chi connectivity index (χ0) is 22.5. The van der Waals surface area contributed by atoms with Gasteiger partial charge < -0.3 is 10.1 Å². The minimum absolute atomic E-state index is 0.153. The lowest BCUT2D eigenvalue weighted by atomic mass is 10.2. The molecule has 0 aliphatic carbocycles. The van der Waals surface area contributed by atoms with Gasteiger partial charge in [-0.1, -0.05) is 60.3 Å². The Morgan fingerprint density at radius 3 is 2.59 bits per heavy atom. The van der Waals surface area contributed by atoms with Gasteiger partial charge in [0.25, 0.3) is 5.91 Å². The number of thioether (sulfide) groups is 1. The van der Waals surface area contributed by atoms with Crippen molar-refractivity contribution in [2.24, 2.45) is 0 Å². The van der Waals surface area contributed by atoms with E-state index in [1.165, 1.54) is 28.8 Å². The van der Waals surface area contributed by atoms with Crippen molar-refractivity contribution < 1.29 is 18.7 Å². The van der Waals surface area contributed by atoms with Crippen LogP contribution in [0.4, 0.5) is 10.1 Å². The minimum Gasteiger partial charge on any atom is -0.496 e. The minimum atomic E-state index is -0.409. The Morgan fingerprint density at radius 1 is 1.06 bits per heavy atom. The maximum atomic E-state index is 14.1. The molecule has 3 aromatic rings. The quantitative estimate of drug-likeness (QED) is 0.559. The van der Waals surface area contributed by atoms with E-state index in [-0.39, 0.29) is 24.9 Å². The molecule has 1 heterocycles. The number of anilines is 1. The molecule has 0 unspecified atom stereocenters. The van der Waals surface area contributed by atoms with Crippen LogP contribution >= 0.6 is 11.8 Å². The largest absolute Gasteiger partial charge is 0.496 e. The molecule has 4 rings (SSSR count). The van der Waals surface area contributed by atoms with Gasteiger partial charge in [0, 0.05) is 22.6 Å². The van der Waals surface area contributed by atoms with E-state index in [1.54, 1.807) is 31.4 Å². The maximum Gasteiger partial charge on any atom is 0.265 e. The molecule has 0 aromatic heterocycles. The van der Waals surface area contributed by atoms with Crippen LogP contribution in [0.25, 0.3) is 6.08 Å². The molecular formula is C25H21FN2O3S. The SMILES string of the molecule is COc1ccccc1CNC(=O)CN1C(=O)/C(=C/c2ccccc2F)Sc2ccccc21. The topological polar surface area (TPSA) is 58.6 Å². The number of halogens is 1. The zero-order valence-electron chi connectivity index (χ0n) is 17.4. The third-order valence-corrected chi connectivity index (χ3v) is 6.07. The highest BCUT2D eigenvalue weighted by atomic mass is 32.2. The van der Waals surface area contributed by atoms with Crippen molar-refractivity contribution in [1.82, 2.24) is 5.32 Å². The van der Waals surface area contributed by atoms with Crippen LogP contribution in [0.1, 0.15) is 11.1 Å². The monoisotopic (exact) mass is 448 g/mol. The number of benzene rings is 3. The molecule has 5 nitrogen and oxygen atoms in total. The number of rotatable bonds is 6. The smallest absolute Gasteiger partial charge is 0.265 e. The average molecular weight is 449 g/mol. The van der Waals surface area contributed by atoms with Crippen LogP contribution in [0.3, 0.4) is 0 Å². The maximum absolute atomic E-state index is 14.1. The van der Waals surface area contributed by atoms with Crippen molar-refractivity contribution in [3.05, 3.63) is 94.6 Å². The molecule has 0 saturated carbocycles. The number of ether oxygens (including phenoxy) is 1. The summed E-state index contributed by atoms with van der Waals surface area (Å²) >= 11 is 1.27. The molecule has 1 aliphatic rings. The van der Waals surface area contributed by atoms with Crippen molar-refractivity contribution in [2.75, 3.05) is 18.6 Å². The van der Waals surface area contributed by atoms with Gasteiger partial charge in [-0.2, -0.15) is 0 Å². The van der Waals surface area contributed by atoms with E-state index < -0.39 is 5.82 Å². The van der Waals surface area contributed by atoms with Gasteiger partial charge in [-0.15, -0.1) is 0 Å². The van der Waals surface area contributed by atoms with Crippen LogP contribution in [-0.2, 0) is 16.1 Å². The summed E-state index contributed by atoms with van der Waals surface area (Å²) in [6, 6.07) is 21.0. The van der Waals surface area contributed by atoms with Gasteiger partial charge in [-0.05, 0) is 30.3 Å². The fourth-order valence-electron chi connectivity index (χ4n) is 3.39. The Hall–Kier alpha value is -3.58. The Labute approximate surface area is 189 Å². The molecule has 32 heavy (non-hydrogen) atoms. The van der Waals surface area contributed by atoms with Gasteiger partial charge in [0.15, 0.2) is 0 Å². The molecule has 0 radical (unpaired) electrons. The van der Waals surface area contributed by atoms with Crippen LogP contribution in [0, 0.1) is 5.82 Å². The van der Waals surface area contributed by atoms with E-state index in [9.17, 15) is 14.0 Å². The molecule has 1 aliphatic heterocycles. The van der Waals surface area contributed by atoms with Gasteiger partial charge in [0.05, 0.1) is 17.7 Å². The highest BCUT2D eigenvalue weighted by Gasteiger charge is 2.30. The molecule has 2 amide bonds. The van der Waals surface area contributed by atoms with E-state index in [4.69, 9.17) is 4.74 Å². The molecule has 162 valence electrons. The van der Waals surface area contributed by atoms with Gasteiger partial charge in [-0.25, -0.2) is 4.39 Å². The molecule has 0 spiro atoms. The summed E-state index contributed by atoms with van der Waals surface area (Å²) in [5.41, 5.74) is 1.81. The standard InChI is InChI=1S/C25H21FN2O3S/c1-31-21-12-6-3-9-18(21)15-27-24(29)16-28-20-11-5-7-13-22(20)32-23(25(28)30)14-17-8-2-4-10-19(17)26/h2-14H,15-16H2,1H3,(H,27,29)/b23-14-. The molecule has 0 atom stereocenters. The Morgan fingerprint density at radius 2 is 1.78 bits per heavy atom. The van der Waals surface area contributed by atoms with Crippen LogP contribution in [0.5, 0.6) is 5.75 Å². The van der Waals surface area contributed by atoms with Crippen molar-refractivity contribution in [3.63, 3.8) is 0 Å². The van der Waals surface area contributed by atoms with Crippen molar-refractivity contribution in [3.8, 4) is 5.75 Å². The zero-order valence-corrected chi connectivity index (χ0v) is 18.2. The first kappa shape index (κ1) is 21.6. The van der Waals surface area contributed by atoms with Crippen molar-refractivity contribution >= 4 is 35.3 Å². The molecule has 7 heteroatoms. The second-order valence-corrected chi connectivity index (χ2v) is 8.16. The van der Waals surface area contributed by atoms with Crippen molar-refractivity contribution in [2.45, 2.75) is 11.4 Å². The van der Waals surface area contributed by atoms with E-state index >= 15 is 0 Å². The Balaban J connectivity index is 1.56. The van der Waals surface area contributed by atoms with Crippen LogP contribution in [-0.4, -0.2) is 25.5 Å². The van der Waals surface area contributed by atoms with E-state index in [1.807, 2.05) is 42.5 Å². The third-order valence-electron chi connectivity index (χ3n) is 4.99. The summed E-state index contributed by atoms with van der Waals surface area (Å²) in [6.07, 6.45) is 1.53. The summed E-state index contributed by atoms with van der Waals surface area (Å²) in [7, 11) is 1.57. The fourth-order valence-corrected chi connectivity index (χ4v) is 4.44. The van der Waals surface area contributed by atoms with Crippen LogP contribution in [0.2, 0.25) is 0 Å². The van der Waals surface area contributed by atoms with Crippen LogP contribution < -0.4 is 15.0 Å². The van der Waals surface area contributed by atoms with Gasteiger partial charge in [0.2, 0.25) is 5.91 Å². The first-order chi connectivity index (χ1) is 15.6. The van der Waals surface area contributed by atoms with E-state index in [2.05, 4.69) is 5.32 Å². The average Bonchev–Trinajstić information content (AvgIpc) is 2.82. The van der Waals surface area contributed by atoms with Gasteiger partial charge in [-0.3, -0.25) is 14.5 Å². The summed E-state index contributed by atoms with van der Waals surface area (Å²) in [5.74, 6) is -0.382. The van der Waals surface area contributed by atoms with Gasteiger partial charge >= 0.3 is 0 Å². The molecular weight excluding hydrogens is 427 g/mol. The highest BCUT2D eigenvalue weighted by molar-refractivity contribution is 8.04. The molecule has 0 saturated heterocycles. The van der Waals surface area contributed by atoms with Crippen LogP contribution in [0.15, 0.2) is 82.6 Å². The Kier molecular flexibility index (Phi) is 6.56. The lowest BCUT2D eigenvalue weighted by Crippen LogP contribution is -2.42. The molecule has 3 aromatic carbocycles.